The fourth-order valence-corrected chi connectivity index (χ4v) is 5.22. The molecule has 3 fully saturated rings. The Balaban J connectivity index is 1.21. The quantitative estimate of drug-likeness (QED) is 0.817. The summed E-state index contributed by atoms with van der Waals surface area (Å²) in [6.07, 6.45) is 8.55. The van der Waals surface area contributed by atoms with Crippen LogP contribution in [0.25, 0.3) is 0 Å². The SMILES string of the molecule is CC(C)N1CCN(C(=O)C2CC3(CCN(Cc4cccnc4)CC3)C2)CC1. The molecule has 5 nitrogen and oxygen atoms in total. The summed E-state index contributed by atoms with van der Waals surface area (Å²) in [6.45, 7) is 11.7. The Bertz CT molecular complexity index is 623. The van der Waals surface area contributed by atoms with Crippen LogP contribution in [-0.2, 0) is 11.3 Å². The molecule has 0 N–H and O–H groups in total. The van der Waals surface area contributed by atoms with Crippen molar-refractivity contribution in [2.75, 3.05) is 39.3 Å². The monoisotopic (exact) mass is 370 g/mol. The van der Waals surface area contributed by atoms with Crippen LogP contribution in [-0.4, -0.2) is 70.9 Å². The van der Waals surface area contributed by atoms with Gasteiger partial charge in [0.25, 0.3) is 0 Å². The Kier molecular flexibility index (Phi) is 5.51. The van der Waals surface area contributed by atoms with Crippen molar-refractivity contribution in [3.05, 3.63) is 30.1 Å². The third kappa shape index (κ3) is 4.19. The first-order valence-corrected chi connectivity index (χ1v) is 10.7. The number of piperidine rings is 1. The first-order valence-electron chi connectivity index (χ1n) is 10.7. The van der Waals surface area contributed by atoms with Gasteiger partial charge in [0.2, 0.25) is 5.91 Å². The van der Waals surface area contributed by atoms with Crippen molar-refractivity contribution < 1.29 is 4.79 Å². The molecular formula is C22H34N4O. The van der Waals surface area contributed by atoms with E-state index in [0.717, 1.165) is 58.7 Å². The summed E-state index contributed by atoms with van der Waals surface area (Å²) in [5.74, 6) is 0.724. The third-order valence-electron chi connectivity index (χ3n) is 7.11. The third-order valence-corrected chi connectivity index (χ3v) is 7.11. The lowest BCUT2D eigenvalue weighted by Gasteiger charge is -2.53. The van der Waals surface area contributed by atoms with Crippen LogP contribution in [0.3, 0.4) is 0 Å². The molecule has 4 rings (SSSR count). The number of likely N-dealkylation sites (tertiary alicyclic amines) is 1. The summed E-state index contributed by atoms with van der Waals surface area (Å²) in [7, 11) is 0. The minimum absolute atomic E-state index is 0.292. The number of carbonyl (C=O) groups is 1. The molecule has 1 spiro atoms. The molecule has 3 heterocycles. The predicted molar refractivity (Wildman–Crippen MR) is 107 cm³/mol. The zero-order valence-electron chi connectivity index (χ0n) is 16.9. The van der Waals surface area contributed by atoms with Crippen LogP contribution in [0.4, 0.5) is 0 Å². The number of rotatable bonds is 4. The lowest BCUT2D eigenvalue weighted by Crippen LogP contribution is -2.56. The van der Waals surface area contributed by atoms with Gasteiger partial charge < -0.3 is 4.90 Å². The van der Waals surface area contributed by atoms with Crippen LogP contribution in [0, 0.1) is 11.3 Å². The summed E-state index contributed by atoms with van der Waals surface area (Å²) in [5.41, 5.74) is 1.75. The molecule has 1 aliphatic carbocycles. The molecule has 0 radical (unpaired) electrons. The van der Waals surface area contributed by atoms with E-state index in [9.17, 15) is 4.79 Å². The molecule has 1 aromatic heterocycles. The average Bonchev–Trinajstić information content (AvgIpc) is 2.67. The van der Waals surface area contributed by atoms with E-state index in [4.69, 9.17) is 0 Å². The van der Waals surface area contributed by atoms with Gasteiger partial charge in [-0.3, -0.25) is 19.6 Å². The molecule has 3 aliphatic rings. The maximum Gasteiger partial charge on any atom is 0.225 e. The van der Waals surface area contributed by atoms with Gasteiger partial charge in [-0.2, -0.15) is 0 Å². The highest BCUT2D eigenvalue weighted by Gasteiger charge is 2.49. The smallest absolute Gasteiger partial charge is 0.225 e. The Morgan fingerprint density at radius 3 is 2.44 bits per heavy atom. The first-order chi connectivity index (χ1) is 13.0. The normalized spacial score (nSPS) is 24.3. The highest BCUT2D eigenvalue weighted by molar-refractivity contribution is 5.80. The molecule has 1 amide bonds. The second kappa shape index (κ2) is 7.88. The van der Waals surface area contributed by atoms with Crippen LogP contribution in [0.5, 0.6) is 0 Å². The number of nitrogens with zero attached hydrogens (tertiary/aromatic N) is 4. The molecule has 0 atom stereocenters. The number of carbonyl (C=O) groups excluding carboxylic acids is 1. The van der Waals surface area contributed by atoms with Gasteiger partial charge in [0.05, 0.1) is 0 Å². The number of aromatic nitrogens is 1. The Morgan fingerprint density at radius 1 is 1.15 bits per heavy atom. The maximum absolute atomic E-state index is 12.9. The van der Waals surface area contributed by atoms with Gasteiger partial charge in [0, 0.05) is 57.1 Å². The minimum atomic E-state index is 0.292. The van der Waals surface area contributed by atoms with E-state index in [-0.39, 0.29) is 0 Å². The van der Waals surface area contributed by atoms with Crippen LogP contribution in [0.2, 0.25) is 0 Å². The van der Waals surface area contributed by atoms with Crippen LogP contribution in [0.1, 0.15) is 45.1 Å². The van der Waals surface area contributed by atoms with Crippen LogP contribution < -0.4 is 0 Å². The molecule has 0 bridgehead atoms. The van der Waals surface area contributed by atoms with Crippen molar-refractivity contribution in [3.8, 4) is 0 Å². The van der Waals surface area contributed by atoms with E-state index >= 15 is 0 Å². The van der Waals surface area contributed by atoms with Crippen molar-refractivity contribution in [2.24, 2.45) is 11.3 Å². The van der Waals surface area contributed by atoms with E-state index < -0.39 is 0 Å². The predicted octanol–water partition coefficient (Wildman–Crippen LogP) is 2.63. The largest absolute Gasteiger partial charge is 0.340 e. The summed E-state index contributed by atoms with van der Waals surface area (Å²) < 4.78 is 0. The van der Waals surface area contributed by atoms with Crippen LogP contribution in [0.15, 0.2) is 24.5 Å². The average molecular weight is 371 g/mol. The summed E-state index contributed by atoms with van der Waals surface area (Å²) in [5, 5.41) is 0. The summed E-state index contributed by atoms with van der Waals surface area (Å²) in [4.78, 5) is 24.3. The molecular weight excluding hydrogens is 336 g/mol. The fraction of sp³-hybridized carbons (Fsp3) is 0.727. The molecule has 0 unspecified atom stereocenters. The van der Waals surface area contributed by atoms with Crippen molar-refractivity contribution in [1.82, 2.24) is 19.7 Å². The topological polar surface area (TPSA) is 39.7 Å². The van der Waals surface area contributed by atoms with Gasteiger partial charge in [-0.05, 0) is 69.7 Å². The lowest BCUT2D eigenvalue weighted by molar-refractivity contribution is -0.148. The van der Waals surface area contributed by atoms with E-state index in [2.05, 4.69) is 39.6 Å². The van der Waals surface area contributed by atoms with E-state index in [1.807, 2.05) is 18.5 Å². The number of amides is 1. The van der Waals surface area contributed by atoms with Gasteiger partial charge in [-0.15, -0.1) is 0 Å². The molecule has 0 aromatic carbocycles. The van der Waals surface area contributed by atoms with Crippen molar-refractivity contribution >= 4 is 5.91 Å². The highest BCUT2D eigenvalue weighted by atomic mass is 16.2. The van der Waals surface area contributed by atoms with E-state index in [1.54, 1.807) is 0 Å². The summed E-state index contributed by atoms with van der Waals surface area (Å²) >= 11 is 0. The molecule has 27 heavy (non-hydrogen) atoms. The summed E-state index contributed by atoms with van der Waals surface area (Å²) in [6, 6.07) is 4.77. The Labute approximate surface area is 163 Å². The molecule has 148 valence electrons. The molecule has 5 heteroatoms. The standard InChI is InChI=1S/C22H34N4O/c1-18(2)25-10-12-26(13-11-25)21(27)20-14-22(15-20)5-8-24(9-6-22)17-19-4-3-7-23-16-19/h3-4,7,16,18,20H,5-6,8-15,17H2,1-2H3. The van der Waals surface area contributed by atoms with Crippen molar-refractivity contribution in [1.29, 1.82) is 0 Å². The molecule has 1 saturated carbocycles. The number of pyridine rings is 1. The maximum atomic E-state index is 12.9. The molecule has 2 saturated heterocycles. The van der Waals surface area contributed by atoms with E-state index in [1.165, 1.54) is 18.4 Å². The van der Waals surface area contributed by atoms with Crippen LogP contribution >= 0.6 is 0 Å². The Hall–Kier alpha value is -1.46. The second-order valence-corrected chi connectivity index (χ2v) is 9.20. The van der Waals surface area contributed by atoms with Gasteiger partial charge >= 0.3 is 0 Å². The second-order valence-electron chi connectivity index (χ2n) is 9.20. The van der Waals surface area contributed by atoms with E-state index in [0.29, 0.717) is 23.3 Å². The Morgan fingerprint density at radius 2 is 1.85 bits per heavy atom. The zero-order chi connectivity index (χ0) is 18.9. The van der Waals surface area contributed by atoms with Gasteiger partial charge in [0.1, 0.15) is 0 Å². The van der Waals surface area contributed by atoms with Crippen molar-refractivity contribution in [3.63, 3.8) is 0 Å². The fourth-order valence-electron chi connectivity index (χ4n) is 5.22. The van der Waals surface area contributed by atoms with Gasteiger partial charge in [-0.25, -0.2) is 0 Å². The molecule has 1 aromatic rings. The van der Waals surface area contributed by atoms with Crippen molar-refractivity contribution in [2.45, 2.75) is 52.1 Å². The first kappa shape index (κ1) is 18.9. The zero-order valence-corrected chi connectivity index (χ0v) is 16.9. The minimum Gasteiger partial charge on any atom is -0.340 e. The molecule has 2 aliphatic heterocycles. The number of hydrogen-bond acceptors (Lipinski definition) is 4. The van der Waals surface area contributed by atoms with Gasteiger partial charge in [-0.1, -0.05) is 6.07 Å². The number of hydrogen-bond donors (Lipinski definition) is 0. The number of piperazine rings is 1. The van der Waals surface area contributed by atoms with Gasteiger partial charge in [0.15, 0.2) is 0 Å². The highest BCUT2D eigenvalue weighted by Crippen LogP contribution is 2.53. The lowest BCUT2D eigenvalue weighted by atomic mass is 9.57.